The molecule has 0 aliphatic carbocycles. The van der Waals surface area contributed by atoms with E-state index in [9.17, 15) is 0 Å². The average molecular weight is 503 g/mol. The predicted molar refractivity (Wildman–Crippen MR) is 122 cm³/mol. The molecule has 0 aromatic carbocycles. The van der Waals surface area contributed by atoms with Crippen molar-refractivity contribution in [2.24, 2.45) is 4.99 Å². The van der Waals surface area contributed by atoms with Crippen molar-refractivity contribution in [1.29, 1.82) is 0 Å². The SMILES string of the molecule is CCNC(=NCc1cc(C(C)C)no1)NCCN1CCc2sccc2C1.I. The maximum absolute atomic E-state index is 5.36. The summed E-state index contributed by atoms with van der Waals surface area (Å²) in [7, 11) is 0. The van der Waals surface area contributed by atoms with Crippen LogP contribution in [0.1, 0.15) is 48.6 Å². The Morgan fingerprint density at radius 1 is 1.41 bits per heavy atom. The van der Waals surface area contributed by atoms with E-state index in [-0.39, 0.29) is 24.0 Å². The third-order valence-electron chi connectivity index (χ3n) is 4.51. The molecule has 2 aromatic heterocycles. The molecule has 0 unspecified atom stereocenters. The Kier molecular flexibility index (Phi) is 9.04. The minimum atomic E-state index is 0. The van der Waals surface area contributed by atoms with Crippen LogP contribution < -0.4 is 10.6 Å². The smallest absolute Gasteiger partial charge is 0.191 e. The zero-order chi connectivity index (χ0) is 18.4. The van der Waals surface area contributed by atoms with Crippen LogP contribution in [0.25, 0.3) is 0 Å². The van der Waals surface area contributed by atoms with Crippen LogP contribution in [0.4, 0.5) is 0 Å². The molecule has 0 saturated heterocycles. The van der Waals surface area contributed by atoms with Crippen LogP contribution in [0.2, 0.25) is 0 Å². The number of nitrogens with zero attached hydrogens (tertiary/aromatic N) is 3. The van der Waals surface area contributed by atoms with Gasteiger partial charge >= 0.3 is 0 Å². The van der Waals surface area contributed by atoms with Crippen molar-refractivity contribution < 1.29 is 4.52 Å². The summed E-state index contributed by atoms with van der Waals surface area (Å²) in [6, 6.07) is 4.25. The Morgan fingerprint density at radius 3 is 3.00 bits per heavy atom. The second kappa shape index (κ2) is 11.0. The number of halogens is 1. The zero-order valence-corrected chi connectivity index (χ0v) is 19.5. The summed E-state index contributed by atoms with van der Waals surface area (Å²) in [5.74, 6) is 1.99. The molecule has 3 rings (SSSR count). The number of aliphatic imine (C=N–C) groups is 1. The number of fused-ring (bicyclic) bond motifs is 1. The molecule has 2 aromatic rings. The molecule has 27 heavy (non-hydrogen) atoms. The number of guanidine groups is 1. The van der Waals surface area contributed by atoms with Gasteiger partial charge in [-0.05, 0) is 36.3 Å². The Labute approximate surface area is 182 Å². The molecular weight excluding hydrogens is 473 g/mol. The van der Waals surface area contributed by atoms with Gasteiger partial charge in [0.1, 0.15) is 6.54 Å². The predicted octanol–water partition coefficient (Wildman–Crippen LogP) is 3.59. The van der Waals surface area contributed by atoms with Gasteiger partial charge in [-0.15, -0.1) is 35.3 Å². The fourth-order valence-electron chi connectivity index (χ4n) is 3.00. The van der Waals surface area contributed by atoms with E-state index < -0.39 is 0 Å². The molecule has 6 nitrogen and oxygen atoms in total. The van der Waals surface area contributed by atoms with E-state index in [0.29, 0.717) is 12.5 Å². The largest absolute Gasteiger partial charge is 0.359 e. The Hall–Kier alpha value is -1.13. The number of hydrogen-bond acceptors (Lipinski definition) is 5. The standard InChI is InChI=1S/C19H29N5OS.HI/c1-4-20-19(22-12-16-11-17(14(2)3)23-25-16)21-7-9-24-8-5-18-15(13-24)6-10-26-18;/h6,10-11,14H,4-5,7-9,12-13H2,1-3H3,(H2,20,21,22);1H. The molecule has 0 bridgehead atoms. The second-order valence-corrected chi connectivity index (χ2v) is 7.89. The lowest BCUT2D eigenvalue weighted by molar-refractivity contribution is 0.260. The van der Waals surface area contributed by atoms with Crippen molar-refractivity contribution >= 4 is 41.3 Å². The summed E-state index contributed by atoms with van der Waals surface area (Å²) < 4.78 is 5.36. The molecule has 0 amide bonds. The highest BCUT2D eigenvalue weighted by Crippen LogP contribution is 2.23. The molecule has 150 valence electrons. The van der Waals surface area contributed by atoms with Crippen LogP contribution in [0, 0.1) is 0 Å². The third kappa shape index (κ3) is 6.46. The molecule has 0 radical (unpaired) electrons. The molecule has 2 N–H and O–H groups in total. The third-order valence-corrected chi connectivity index (χ3v) is 5.54. The molecule has 1 aliphatic rings. The lowest BCUT2D eigenvalue weighted by Crippen LogP contribution is -2.42. The van der Waals surface area contributed by atoms with E-state index in [1.165, 1.54) is 12.0 Å². The average Bonchev–Trinajstić information content (AvgIpc) is 3.28. The zero-order valence-electron chi connectivity index (χ0n) is 16.3. The van der Waals surface area contributed by atoms with Crippen molar-refractivity contribution in [3.63, 3.8) is 0 Å². The maximum atomic E-state index is 5.36. The van der Waals surface area contributed by atoms with Crippen molar-refractivity contribution in [3.8, 4) is 0 Å². The van der Waals surface area contributed by atoms with E-state index in [4.69, 9.17) is 4.52 Å². The molecule has 0 atom stereocenters. The first-order chi connectivity index (χ1) is 12.7. The highest BCUT2D eigenvalue weighted by Gasteiger charge is 2.16. The van der Waals surface area contributed by atoms with Crippen LogP contribution in [0.15, 0.2) is 27.0 Å². The normalized spacial score (nSPS) is 14.7. The van der Waals surface area contributed by atoms with Crippen LogP contribution in [0.3, 0.4) is 0 Å². The fourth-order valence-corrected chi connectivity index (χ4v) is 3.89. The fraction of sp³-hybridized carbons (Fsp3) is 0.579. The molecule has 0 saturated carbocycles. The highest BCUT2D eigenvalue weighted by molar-refractivity contribution is 14.0. The van der Waals surface area contributed by atoms with Gasteiger partial charge < -0.3 is 15.2 Å². The van der Waals surface area contributed by atoms with E-state index in [0.717, 1.165) is 50.1 Å². The molecule has 0 fully saturated rings. The number of hydrogen-bond donors (Lipinski definition) is 2. The number of nitrogens with one attached hydrogen (secondary N) is 2. The second-order valence-electron chi connectivity index (χ2n) is 6.89. The van der Waals surface area contributed by atoms with Crippen molar-refractivity contribution in [2.75, 3.05) is 26.2 Å². The van der Waals surface area contributed by atoms with Gasteiger partial charge in [-0.2, -0.15) is 0 Å². The van der Waals surface area contributed by atoms with Gasteiger partial charge in [0.25, 0.3) is 0 Å². The van der Waals surface area contributed by atoms with Gasteiger partial charge in [0, 0.05) is 43.7 Å². The van der Waals surface area contributed by atoms with Gasteiger partial charge in [-0.25, -0.2) is 4.99 Å². The Bertz CT molecular complexity index is 727. The number of rotatable bonds is 7. The summed E-state index contributed by atoms with van der Waals surface area (Å²) >= 11 is 1.89. The van der Waals surface area contributed by atoms with Crippen LogP contribution in [0.5, 0.6) is 0 Å². The van der Waals surface area contributed by atoms with Gasteiger partial charge in [0.05, 0.1) is 5.69 Å². The van der Waals surface area contributed by atoms with Crippen LogP contribution in [-0.2, 0) is 19.5 Å². The van der Waals surface area contributed by atoms with Gasteiger partial charge in [0.2, 0.25) is 0 Å². The highest BCUT2D eigenvalue weighted by atomic mass is 127. The van der Waals surface area contributed by atoms with Gasteiger partial charge in [-0.3, -0.25) is 4.90 Å². The minimum absolute atomic E-state index is 0. The first-order valence-corrected chi connectivity index (χ1v) is 10.3. The summed E-state index contributed by atoms with van der Waals surface area (Å²) in [5.41, 5.74) is 2.47. The lowest BCUT2D eigenvalue weighted by Gasteiger charge is -2.27. The summed E-state index contributed by atoms with van der Waals surface area (Å²) in [6.45, 7) is 11.7. The topological polar surface area (TPSA) is 65.7 Å². The van der Waals surface area contributed by atoms with Gasteiger partial charge in [-0.1, -0.05) is 19.0 Å². The summed E-state index contributed by atoms with van der Waals surface area (Å²) in [6.07, 6.45) is 1.17. The first kappa shape index (κ1) is 22.2. The van der Waals surface area contributed by atoms with E-state index in [1.54, 1.807) is 4.88 Å². The van der Waals surface area contributed by atoms with Gasteiger partial charge in [0.15, 0.2) is 11.7 Å². The van der Waals surface area contributed by atoms with Crippen LogP contribution in [-0.4, -0.2) is 42.2 Å². The van der Waals surface area contributed by atoms with E-state index in [2.05, 4.69) is 57.9 Å². The molecule has 0 spiro atoms. The molecule has 3 heterocycles. The maximum Gasteiger partial charge on any atom is 0.191 e. The van der Waals surface area contributed by atoms with Crippen molar-refractivity contribution in [1.82, 2.24) is 20.7 Å². The Morgan fingerprint density at radius 2 is 2.26 bits per heavy atom. The number of thiophene rings is 1. The summed E-state index contributed by atoms with van der Waals surface area (Å²) in [5, 5.41) is 13.0. The van der Waals surface area contributed by atoms with Crippen molar-refractivity contribution in [3.05, 3.63) is 39.4 Å². The quantitative estimate of drug-likeness (QED) is 0.344. The lowest BCUT2D eigenvalue weighted by atomic mass is 10.1. The van der Waals surface area contributed by atoms with E-state index >= 15 is 0 Å². The molecular formula is C19H30IN5OS. The number of aromatic nitrogens is 1. The monoisotopic (exact) mass is 503 g/mol. The minimum Gasteiger partial charge on any atom is -0.359 e. The molecule has 8 heteroatoms. The first-order valence-electron chi connectivity index (χ1n) is 9.41. The molecule has 1 aliphatic heterocycles. The van der Waals surface area contributed by atoms with Crippen LogP contribution >= 0.6 is 35.3 Å². The summed E-state index contributed by atoms with van der Waals surface area (Å²) in [4.78, 5) is 8.66. The Balaban J connectivity index is 0.00000261. The van der Waals surface area contributed by atoms with E-state index in [1.807, 2.05) is 17.4 Å². The van der Waals surface area contributed by atoms with Crippen molar-refractivity contribution in [2.45, 2.75) is 46.2 Å².